The molecule has 5 nitrogen and oxygen atoms in total. The molecule has 0 radical (unpaired) electrons. The van der Waals surface area contributed by atoms with Gasteiger partial charge in [-0.25, -0.2) is 12.8 Å². The predicted molar refractivity (Wildman–Crippen MR) is 79.4 cm³/mol. The van der Waals surface area contributed by atoms with Crippen molar-refractivity contribution in [2.75, 3.05) is 17.9 Å². The monoisotopic (exact) mass is 323 g/mol. The number of anilines is 1. The molecule has 1 N–H and O–H groups in total. The third-order valence-corrected chi connectivity index (χ3v) is 4.56. The van der Waals surface area contributed by atoms with E-state index in [1.54, 1.807) is 13.0 Å². The summed E-state index contributed by atoms with van der Waals surface area (Å²) in [6.07, 6.45) is 0. The van der Waals surface area contributed by atoms with Crippen molar-refractivity contribution in [2.24, 2.45) is 0 Å². The largest absolute Gasteiger partial charge is 0.486 e. The minimum absolute atomic E-state index is 0.0169. The minimum atomic E-state index is -3.91. The number of hydrogen-bond acceptors (Lipinski definition) is 4. The summed E-state index contributed by atoms with van der Waals surface area (Å²) in [5.41, 5.74) is 0.611. The Balaban J connectivity index is 1.92. The molecular weight excluding hydrogens is 309 g/mol. The van der Waals surface area contributed by atoms with E-state index in [1.165, 1.54) is 30.3 Å². The standard InChI is InChI=1S/C15H14FNO4S/c1-10-2-4-13(12(16)8-10)17-22(18,19)11-3-5-14-15(9-11)21-7-6-20-14/h2-5,8-9,17H,6-7H2,1H3. The van der Waals surface area contributed by atoms with E-state index in [0.717, 1.165) is 0 Å². The first-order valence-electron chi connectivity index (χ1n) is 6.64. The van der Waals surface area contributed by atoms with Gasteiger partial charge in [-0.15, -0.1) is 0 Å². The van der Waals surface area contributed by atoms with E-state index in [2.05, 4.69) is 4.72 Å². The Morgan fingerprint density at radius 1 is 1.05 bits per heavy atom. The number of aryl methyl sites for hydroxylation is 1. The van der Waals surface area contributed by atoms with Crippen LogP contribution in [0.15, 0.2) is 41.3 Å². The fourth-order valence-electron chi connectivity index (χ4n) is 2.10. The quantitative estimate of drug-likeness (QED) is 0.943. The van der Waals surface area contributed by atoms with Crippen LogP contribution < -0.4 is 14.2 Å². The SMILES string of the molecule is Cc1ccc(NS(=O)(=O)c2ccc3c(c2)OCCO3)c(F)c1. The summed E-state index contributed by atoms with van der Waals surface area (Å²) < 4.78 is 51.4. The number of sulfonamides is 1. The first kappa shape index (κ1) is 14.6. The van der Waals surface area contributed by atoms with Gasteiger partial charge in [0.25, 0.3) is 10.0 Å². The van der Waals surface area contributed by atoms with Gasteiger partial charge in [-0.1, -0.05) is 6.07 Å². The first-order chi connectivity index (χ1) is 10.5. The van der Waals surface area contributed by atoms with Crippen molar-refractivity contribution < 1.29 is 22.3 Å². The molecule has 0 atom stereocenters. The molecule has 0 saturated carbocycles. The zero-order valence-corrected chi connectivity index (χ0v) is 12.6. The molecule has 1 aliphatic rings. The van der Waals surface area contributed by atoms with Crippen LogP contribution in [0.25, 0.3) is 0 Å². The number of halogens is 1. The van der Waals surface area contributed by atoms with E-state index < -0.39 is 15.8 Å². The predicted octanol–water partition coefficient (Wildman–Crippen LogP) is 2.71. The van der Waals surface area contributed by atoms with Crippen LogP contribution in [-0.4, -0.2) is 21.6 Å². The Labute approximate surface area is 127 Å². The zero-order valence-electron chi connectivity index (χ0n) is 11.8. The van der Waals surface area contributed by atoms with E-state index in [1.807, 2.05) is 0 Å². The Hall–Kier alpha value is -2.28. The summed E-state index contributed by atoms with van der Waals surface area (Å²) in [6, 6.07) is 8.56. The molecule has 0 aliphatic carbocycles. The summed E-state index contributed by atoms with van der Waals surface area (Å²) in [5, 5.41) is 0. The number of hydrogen-bond donors (Lipinski definition) is 1. The van der Waals surface area contributed by atoms with E-state index >= 15 is 0 Å². The van der Waals surface area contributed by atoms with Gasteiger partial charge in [0.05, 0.1) is 10.6 Å². The van der Waals surface area contributed by atoms with Gasteiger partial charge in [0.1, 0.15) is 19.0 Å². The highest BCUT2D eigenvalue weighted by Gasteiger charge is 2.20. The van der Waals surface area contributed by atoms with Gasteiger partial charge >= 0.3 is 0 Å². The summed E-state index contributed by atoms with van der Waals surface area (Å²) in [4.78, 5) is -0.0169. The van der Waals surface area contributed by atoms with E-state index in [4.69, 9.17) is 9.47 Å². The molecule has 3 rings (SSSR count). The Morgan fingerprint density at radius 3 is 2.50 bits per heavy atom. The third kappa shape index (κ3) is 2.85. The molecule has 7 heteroatoms. The van der Waals surface area contributed by atoms with Crippen molar-refractivity contribution in [3.63, 3.8) is 0 Å². The van der Waals surface area contributed by atoms with E-state index in [9.17, 15) is 12.8 Å². The second-order valence-electron chi connectivity index (χ2n) is 4.89. The van der Waals surface area contributed by atoms with Gasteiger partial charge in [-0.2, -0.15) is 0 Å². The highest BCUT2D eigenvalue weighted by atomic mass is 32.2. The topological polar surface area (TPSA) is 64.6 Å². The fraction of sp³-hybridized carbons (Fsp3) is 0.200. The van der Waals surface area contributed by atoms with Crippen LogP contribution in [0, 0.1) is 12.7 Å². The smallest absolute Gasteiger partial charge is 0.262 e. The first-order valence-corrected chi connectivity index (χ1v) is 8.13. The van der Waals surface area contributed by atoms with Crippen LogP contribution in [0.3, 0.4) is 0 Å². The Morgan fingerprint density at radius 2 is 1.77 bits per heavy atom. The van der Waals surface area contributed by atoms with Crippen LogP contribution >= 0.6 is 0 Å². The molecule has 0 aromatic heterocycles. The van der Waals surface area contributed by atoms with Crippen molar-refractivity contribution >= 4 is 15.7 Å². The number of rotatable bonds is 3. The molecule has 0 saturated heterocycles. The number of fused-ring (bicyclic) bond motifs is 1. The summed E-state index contributed by atoms with van der Waals surface area (Å²) in [5.74, 6) is 0.228. The van der Waals surface area contributed by atoms with E-state index in [-0.39, 0.29) is 10.6 Å². The highest BCUT2D eigenvalue weighted by molar-refractivity contribution is 7.92. The minimum Gasteiger partial charge on any atom is -0.486 e. The summed E-state index contributed by atoms with van der Waals surface area (Å²) in [7, 11) is -3.91. The average molecular weight is 323 g/mol. The molecule has 0 bridgehead atoms. The summed E-state index contributed by atoms with van der Waals surface area (Å²) >= 11 is 0. The van der Waals surface area contributed by atoms with Crippen molar-refractivity contribution in [3.05, 3.63) is 47.8 Å². The molecule has 116 valence electrons. The van der Waals surface area contributed by atoms with Gasteiger partial charge in [0.2, 0.25) is 0 Å². The normalized spacial score (nSPS) is 13.7. The van der Waals surface area contributed by atoms with Gasteiger partial charge in [0, 0.05) is 6.07 Å². The fourth-order valence-corrected chi connectivity index (χ4v) is 3.18. The van der Waals surface area contributed by atoms with Crippen LogP contribution in [-0.2, 0) is 10.0 Å². The Bertz CT molecular complexity index is 820. The molecule has 1 heterocycles. The molecule has 0 fully saturated rings. The average Bonchev–Trinajstić information content (AvgIpc) is 2.49. The lowest BCUT2D eigenvalue weighted by molar-refractivity contribution is 0.171. The number of ether oxygens (including phenoxy) is 2. The lowest BCUT2D eigenvalue weighted by Crippen LogP contribution is -2.17. The van der Waals surface area contributed by atoms with Gasteiger partial charge in [-0.3, -0.25) is 4.72 Å². The molecule has 0 unspecified atom stereocenters. The molecular formula is C15H14FNO4S. The van der Waals surface area contributed by atoms with Crippen molar-refractivity contribution in [1.29, 1.82) is 0 Å². The number of nitrogens with one attached hydrogen (secondary N) is 1. The van der Waals surface area contributed by atoms with Crippen LogP contribution in [0.5, 0.6) is 11.5 Å². The molecule has 0 amide bonds. The van der Waals surface area contributed by atoms with Crippen molar-refractivity contribution in [3.8, 4) is 11.5 Å². The maximum absolute atomic E-state index is 13.8. The lowest BCUT2D eigenvalue weighted by atomic mass is 10.2. The van der Waals surface area contributed by atoms with Crippen LogP contribution in [0.4, 0.5) is 10.1 Å². The van der Waals surface area contributed by atoms with Gasteiger partial charge in [0.15, 0.2) is 11.5 Å². The maximum atomic E-state index is 13.8. The number of benzene rings is 2. The lowest BCUT2D eigenvalue weighted by Gasteiger charge is -2.19. The second kappa shape index (κ2) is 5.49. The van der Waals surface area contributed by atoms with Gasteiger partial charge < -0.3 is 9.47 Å². The third-order valence-electron chi connectivity index (χ3n) is 3.19. The Kier molecular flexibility index (Phi) is 3.66. The maximum Gasteiger partial charge on any atom is 0.262 e. The second-order valence-corrected chi connectivity index (χ2v) is 6.58. The van der Waals surface area contributed by atoms with Crippen molar-refractivity contribution in [2.45, 2.75) is 11.8 Å². The van der Waals surface area contributed by atoms with Crippen LogP contribution in [0.1, 0.15) is 5.56 Å². The molecule has 2 aromatic rings. The van der Waals surface area contributed by atoms with Crippen LogP contribution in [0.2, 0.25) is 0 Å². The van der Waals surface area contributed by atoms with Gasteiger partial charge in [-0.05, 0) is 36.8 Å². The molecule has 2 aromatic carbocycles. The van der Waals surface area contributed by atoms with Crippen molar-refractivity contribution in [1.82, 2.24) is 0 Å². The zero-order chi connectivity index (χ0) is 15.7. The molecule has 22 heavy (non-hydrogen) atoms. The highest BCUT2D eigenvalue weighted by Crippen LogP contribution is 2.32. The van der Waals surface area contributed by atoms with E-state index in [0.29, 0.717) is 30.3 Å². The molecule has 0 spiro atoms. The summed E-state index contributed by atoms with van der Waals surface area (Å²) in [6.45, 7) is 2.50. The molecule has 1 aliphatic heterocycles.